The van der Waals surface area contributed by atoms with Gasteiger partial charge in [0.15, 0.2) is 0 Å². The molecule has 6 nitrogen and oxygen atoms in total. The van der Waals surface area contributed by atoms with E-state index in [1.54, 1.807) is 37.4 Å². The van der Waals surface area contributed by atoms with E-state index >= 15 is 0 Å². The molecule has 3 aromatic carbocycles. The van der Waals surface area contributed by atoms with Gasteiger partial charge >= 0.3 is 0 Å². The molecule has 0 radical (unpaired) electrons. The number of nitrogens with one attached hydrogen (secondary N) is 2. The third kappa shape index (κ3) is 6.70. The van der Waals surface area contributed by atoms with Crippen LogP contribution in [0.5, 0.6) is 5.75 Å². The van der Waals surface area contributed by atoms with Crippen molar-refractivity contribution in [3.05, 3.63) is 94.5 Å². The molecule has 3 aromatic rings. The predicted octanol–water partition coefficient (Wildman–Crippen LogP) is 4.82. The van der Waals surface area contributed by atoms with Gasteiger partial charge in [-0.25, -0.2) is 0 Å². The molecule has 0 unspecified atom stereocenters. The van der Waals surface area contributed by atoms with Crippen molar-refractivity contribution in [3.63, 3.8) is 0 Å². The van der Waals surface area contributed by atoms with E-state index < -0.39 is 0 Å². The average Bonchev–Trinajstić information content (AvgIpc) is 3.41. The quantitative estimate of drug-likeness (QED) is 0.469. The first-order chi connectivity index (χ1) is 17.0. The van der Waals surface area contributed by atoms with E-state index in [0.29, 0.717) is 17.7 Å². The SMILES string of the molecule is COc1ccc(C(=O)NCc2cccc(C(=O)Nc3ccc(CCN4CCCC4)cc3)c2)cc1C. The highest BCUT2D eigenvalue weighted by atomic mass is 16.5. The zero-order valence-corrected chi connectivity index (χ0v) is 20.5. The van der Waals surface area contributed by atoms with Crippen molar-refractivity contribution in [1.29, 1.82) is 0 Å². The summed E-state index contributed by atoms with van der Waals surface area (Å²) in [6, 6.07) is 20.7. The van der Waals surface area contributed by atoms with Gasteiger partial charge in [-0.05, 0) is 98.4 Å². The number of anilines is 1. The van der Waals surface area contributed by atoms with Gasteiger partial charge in [0.25, 0.3) is 11.8 Å². The summed E-state index contributed by atoms with van der Waals surface area (Å²) in [5.41, 5.74) is 4.93. The molecule has 1 saturated heterocycles. The topological polar surface area (TPSA) is 70.7 Å². The fourth-order valence-corrected chi connectivity index (χ4v) is 4.38. The number of hydrogen-bond donors (Lipinski definition) is 2. The third-order valence-electron chi connectivity index (χ3n) is 6.43. The third-order valence-corrected chi connectivity index (χ3v) is 6.43. The maximum atomic E-state index is 12.8. The number of methoxy groups -OCH3 is 1. The van der Waals surface area contributed by atoms with Gasteiger partial charge < -0.3 is 20.3 Å². The zero-order chi connectivity index (χ0) is 24.6. The summed E-state index contributed by atoms with van der Waals surface area (Å²) < 4.78 is 5.25. The van der Waals surface area contributed by atoms with Crippen LogP contribution < -0.4 is 15.4 Å². The first-order valence-corrected chi connectivity index (χ1v) is 12.2. The lowest BCUT2D eigenvalue weighted by Crippen LogP contribution is -2.23. The number of aryl methyl sites for hydroxylation is 1. The van der Waals surface area contributed by atoms with Crippen molar-refractivity contribution in [2.75, 3.05) is 32.1 Å². The summed E-state index contributed by atoms with van der Waals surface area (Å²) in [7, 11) is 1.61. The van der Waals surface area contributed by atoms with E-state index in [0.717, 1.165) is 35.5 Å². The van der Waals surface area contributed by atoms with Crippen LogP contribution in [0.2, 0.25) is 0 Å². The number of likely N-dealkylation sites (tertiary alicyclic amines) is 1. The van der Waals surface area contributed by atoms with Crippen LogP contribution in [0, 0.1) is 6.92 Å². The second-order valence-electron chi connectivity index (χ2n) is 9.02. The first kappa shape index (κ1) is 24.5. The van der Waals surface area contributed by atoms with E-state index in [-0.39, 0.29) is 11.8 Å². The fraction of sp³-hybridized carbons (Fsp3) is 0.310. The van der Waals surface area contributed by atoms with Gasteiger partial charge in [0, 0.05) is 29.9 Å². The van der Waals surface area contributed by atoms with Crippen LogP contribution in [0.1, 0.15) is 50.2 Å². The van der Waals surface area contributed by atoms with Gasteiger partial charge in [0.05, 0.1) is 7.11 Å². The Morgan fingerprint density at radius 3 is 2.34 bits per heavy atom. The number of carbonyl (C=O) groups excluding carboxylic acids is 2. The maximum absolute atomic E-state index is 12.8. The first-order valence-electron chi connectivity index (χ1n) is 12.2. The molecule has 0 atom stereocenters. The molecule has 0 aliphatic carbocycles. The zero-order valence-electron chi connectivity index (χ0n) is 20.5. The van der Waals surface area contributed by atoms with E-state index in [9.17, 15) is 9.59 Å². The maximum Gasteiger partial charge on any atom is 0.255 e. The Hall–Kier alpha value is -3.64. The number of hydrogen-bond acceptors (Lipinski definition) is 4. The molecule has 0 bridgehead atoms. The highest BCUT2D eigenvalue weighted by Crippen LogP contribution is 2.19. The van der Waals surface area contributed by atoms with E-state index in [2.05, 4.69) is 27.7 Å². The molecule has 6 heteroatoms. The van der Waals surface area contributed by atoms with E-state index in [1.807, 2.05) is 31.2 Å². The van der Waals surface area contributed by atoms with Gasteiger partial charge in [-0.15, -0.1) is 0 Å². The molecular formula is C29H33N3O3. The lowest BCUT2D eigenvalue weighted by Gasteiger charge is -2.14. The molecule has 1 aliphatic heterocycles. The number of ether oxygens (including phenoxy) is 1. The minimum atomic E-state index is -0.172. The lowest BCUT2D eigenvalue weighted by atomic mass is 10.1. The van der Waals surface area contributed by atoms with Gasteiger partial charge in [0.2, 0.25) is 0 Å². The Morgan fingerprint density at radius 1 is 0.886 bits per heavy atom. The second kappa shape index (κ2) is 11.7. The molecular weight excluding hydrogens is 438 g/mol. The highest BCUT2D eigenvalue weighted by molar-refractivity contribution is 6.04. The molecule has 2 amide bonds. The molecule has 182 valence electrons. The Balaban J connectivity index is 1.30. The number of rotatable bonds is 9. The largest absolute Gasteiger partial charge is 0.496 e. The average molecular weight is 472 g/mol. The molecule has 0 saturated carbocycles. The van der Waals surface area contributed by atoms with Crippen LogP contribution in [0.25, 0.3) is 0 Å². The molecule has 0 spiro atoms. The summed E-state index contributed by atoms with van der Waals surface area (Å²) in [6.45, 7) is 5.74. The lowest BCUT2D eigenvalue weighted by molar-refractivity contribution is 0.0950. The van der Waals surface area contributed by atoms with Crippen LogP contribution in [0.3, 0.4) is 0 Å². The molecule has 0 aromatic heterocycles. The predicted molar refractivity (Wildman–Crippen MR) is 139 cm³/mol. The minimum absolute atomic E-state index is 0.171. The van der Waals surface area contributed by atoms with Crippen LogP contribution in [0.4, 0.5) is 5.69 Å². The Bertz CT molecular complexity index is 1170. The fourth-order valence-electron chi connectivity index (χ4n) is 4.38. The molecule has 4 rings (SSSR count). The number of benzene rings is 3. The molecule has 2 N–H and O–H groups in total. The summed E-state index contributed by atoms with van der Waals surface area (Å²) in [5.74, 6) is 0.404. The van der Waals surface area contributed by atoms with E-state index in [1.165, 1.54) is 31.5 Å². The van der Waals surface area contributed by atoms with Crippen molar-refractivity contribution in [3.8, 4) is 5.75 Å². The van der Waals surface area contributed by atoms with Crippen LogP contribution >= 0.6 is 0 Å². The summed E-state index contributed by atoms with van der Waals surface area (Å²) in [5, 5.41) is 5.89. The van der Waals surface area contributed by atoms with E-state index in [4.69, 9.17) is 4.74 Å². The molecule has 1 heterocycles. The Labute approximate surface area is 207 Å². The van der Waals surface area contributed by atoms with Gasteiger partial charge in [-0.3, -0.25) is 9.59 Å². The molecule has 1 aliphatic rings. The van der Waals surface area contributed by atoms with Gasteiger partial charge in [0.1, 0.15) is 5.75 Å². The van der Waals surface area contributed by atoms with Crippen molar-refractivity contribution in [1.82, 2.24) is 10.2 Å². The van der Waals surface area contributed by atoms with Crippen molar-refractivity contribution in [2.24, 2.45) is 0 Å². The molecule has 35 heavy (non-hydrogen) atoms. The Morgan fingerprint density at radius 2 is 1.63 bits per heavy atom. The minimum Gasteiger partial charge on any atom is -0.496 e. The summed E-state index contributed by atoms with van der Waals surface area (Å²) >= 11 is 0. The summed E-state index contributed by atoms with van der Waals surface area (Å²) in [4.78, 5) is 27.8. The van der Waals surface area contributed by atoms with Gasteiger partial charge in [-0.2, -0.15) is 0 Å². The number of nitrogens with zero attached hydrogens (tertiary/aromatic N) is 1. The normalized spacial score (nSPS) is 13.4. The van der Waals surface area contributed by atoms with Crippen molar-refractivity contribution in [2.45, 2.75) is 32.7 Å². The highest BCUT2D eigenvalue weighted by Gasteiger charge is 2.12. The van der Waals surface area contributed by atoms with Crippen LogP contribution in [-0.4, -0.2) is 43.5 Å². The van der Waals surface area contributed by atoms with Crippen molar-refractivity contribution >= 4 is 17.5 Å². The van der Waals surface area contributed by atoms with Gasteiger partial charge in [-0.1, -0.05) is 24.3 Å². The number of carbonyl (C=O) groups is 2. The second-order valence-corrected chi connectivity index (χ2v) is 9.02. The van der Waals surface area contributed by atoms with Crippen LogP contribution in [-0.2, 0) is 13.0 Å². The molecule has 1 fully saturated rings. The smallest absolute Gasteiger partial charge is 0.255 e. The number of amides is 2. The van der Waals surface area contributed by atoms with Crippen LogP contribution in [0.15, 0.2) is 66.7 Å². The Kier molecular flexibility index (Phi) is 8.16. The van der Waals surface area contributed by atoms with Crippen molar-refractivity contribution < 1.29 is 14.3 Å². The standard InChI is InChI=1S/C29H33N3O3/c1-21-18-25(10-13-27(21)35-2)28(33)30-20-23-6-5-7-24(19-23)29(34)31-26-11-8-22(9-12-26)14-17-32-15-3-4-16-32/h5-13,18-19H,3-4,14-17,20H2,1-2H3,(H,30,33)(H,31,34). The monoisotopic (exact) mass is 471 g/mol. The summed E-state index contributed by atoms with van der Waals surface area (Å²) in [6.07, 6.45) is 3.64.